The number of carbonyl (C=O) groups excluding carboxylic acids is 1. The summed E-state index contributed by atoms with van der Waals surface area (Å²) in [4.78, 5) is 32.6. The standard InChI is InChI=1S/C12H14N2O5S/c1-7(2)20-6-11(15)13-10-4-3-8(14(18)19)5-9(10)12(16)17/h3-5,7H,6H2,1-2H3,(H,13,15)(H,16,17). The Bertz CT molecular complexity index is 545. The van der Waals surface area contributed by atoms with Crippen LogP contribution >= 0.6 is 11.8 Å². The number of carboxylic acid groups (broad SMARTS) is 1. The molecule has 1 aromatic rings. The topological polar surface area (TPSA) is 110 Å². The molecule has 1 amide bonds. The highest BCUT2D eigenvalue weighted by atomic mass is 32.2. The molecule has 0 heterocycles. The summed E-state index contributed by atoms with van der Waals surface area (Å²) in [5, 5.41) is 22.4. The summed E-state index contributed by atoms with van der Waals surface area (Å²) in [5.41, 5.74) is -0.587. The number of benzene rings is 1. The first-order valence-electron chi connectivity index (χ1n) is 5.74. The van der Waals surface area contributed by atoms with E-state index in [2.05, 4.69) is 5.32 Å². The molecule has 1 aromatic carbocycles. The lowest BCUT2D eigenvalue weighted by atomic mass is 10.1. The monoisotopic (exact) mass is 298 g/mol. The van der Waals surface area contributed by atoms with Crippen LogP contribution in [-0.4, -0.2) is 32.9 Å². The molecular weight excluding hydrogens is 284 g/mol. The Morgan fingerprint density at radius 1 is 1.45 bits per heavy atom. The molecule has 0 aliphatic carbocycles. The van der Waals surface area contributed by atoms with Gasteiger partial charge < -0.3 is 10.4 Å². The van der Waals surface area contributed by atoms with E-state index < -0.39 is 10.9 Å². The van der Waals surface area contributed by atoms with E-state index >= 15 is 0 Å². The van der Waals surface area contributed by atoms with E-state index in [0.29, 0.717) is 0 Å². The Hall–Kier alpha value is -2.09. The lowest BCUT2D eigenvalue weighted by Gasteiger charge is -2.09. The number of anilines is 1. The van der Waals surface area contributed by atoms with Crippen molar-refractivity contribution in [1.82, 2.24) is 0 Å². The van der Waals surface area contributed by atoms with Gasteiger partial charge in [0.15, 0.2) is 0 Å². The second-order valence-electron chi connectivity index (χ2n) is 4.20. The second kappa shape index (κ2) is 6.90. The molecule has 0 bridgehead atoms. The average Bonchev–Trinajstić information content (AvgIpc) is 2.36. The predicted molar refractivity (Wildman–Crippen MR) is 76.3 cm³/mol. The molecule has 0 fully saturated rings. The first-order chi connectivity index (χ1) is 9.31. The van der Waals surface area contributed by atoms with Crippen LogP contribution in [0.4, 0.5) is 11.4 Å². The smallest absolute Gasteiger partial charge is 0.338 e. The summed E-state index contributed by atoms with van der Waals surface area (Å²) >= 11 is 1.41. The third kappa shape index (κ3) is 4.54. The van der Waals surface area contributed by atoms with E-state index in [4.69, 9.17) is 5.11 Å². The van der Waals surface area contributed by atoms with Gasteiger partial charge in [0.2, 0.25) is 5.91 Å². The Morgan fingerprint density at radius 2 is 2.10 bits per heavy atom. The van der Waals surface area contributed by atoms with Gasteiger partial charge in [-0.25, -0.2) is 4.79 Å². The van der Waals surface area contributed by atoms with Crippen molar-refractivity contribution in [2.24, 2.45) is 0 Å². The molecule has 2 N–H and O–H groups in total. The van der Waals surface area contributed by atoms with Gasteiger partial charge in [0.25, 0.3) is 5.69 Å². The molecule has 0 saturated carbocycles. The summed E-state index contributed by atoms with van der Waals surface area (Å²) in [7, 11) is 0. The van der Waals surface area contributed by atoms with Crippen LogP contribution in [0, 0.1) is 10.1 Å². The van der Waals surface area contributed by atoms with Gasteiger partial charge in [0.1, 0.15) is 0 Å². The van der Waals surface area contributed by atoms with E-state index in [9.17, 15) is 19.7 Å². The first kappa shape index (κ1) is 16.0. The summed E-state index contributed by atoms with van der Waals surface area (Å²) in [5.74, 6) is -1.49. The molecule has 0 atom stereocenters. The number of nitrogens with zero attached hydrogens (tertiary/aromatic N) is 1. The van der Waals surface area contributed by atoms with Gasteiger partial charge in [0.05, 0.1) is 21.9 Å². The molecule has 0 aliphatic rings. The fourth-order valence-corrected chi connectivity index (χ4v) is 1.92. The fourth-order valence-electron chi connectivity index (χ4n) is 1.36. The van der Waals surface area contributed by atoms with Gasteiger partial charge in [-0.2, -0.15) is 0 Å². The molecule has 20 heavy (non-hydrogen) atoms. The quantitative estimate of drug-likeness (QED) is 0.616. The van der Waals surface area contributed by atoms with Gasteiger partial charge in [-0.3, -0.25) is 14.9 Å². The molecule has 0 aromatic heterocycles. The van der Waals surface area contributed by atoms with E-state index in [-0.39, 0.29) is 33.8 Å². The molecule has 8 heteroatoms. The van der Waals surface area contributed by atoms with Crippen molar-refractivity contribution in [1.29, 1.82) is 0 Å². The van der Waals surface area contributed by atoms with Crippen LogP contribution in [0.25, 0.3) is 0 Å². The molecule has 1 rings (SSSR count). The number of carboxylic acids is 1. The minimum atomic E-state index is -1.33. The molecule has 0 unspecified atom stereocenters. The first-order valence-corrected chi connectivity index (χ1v) is 6.79. The van der Waals surface area contributed by atoms with Crippen molar-refractivity contribution in [3.05, 3.63) is 33.9 Å². The molecule has 0 radical (unpaired) electrons. The van der Waals surface area contributed by atoms with Crippen LogP contribution < -0.4 is 5.32 Å². The number of hydrogen-bond donors (Lipinski definition) is 2. The zero-order valence-electron chi connectivity index (χ0n) is 11.0. The number of hydrogen-bond acceptors (Lipinski definition) is 5. The summed E-state index contributed by atoms with van der Waals surface area (Å²) in [6.45, 7) is 3.87. The minimum absolute atomic E-state index is 0.0532. The van der Waals surface area contributed by atoms with E-state index in [1.165, 1.54) is 17.8 Å². The van der Waals surface area contributed by atoms with E-state index in [1.54, 1.807) is 0 Å². The van der Waals surface area contributed by atoms with Crippen molar-refractivity contribution in [2.75, 3.05) is 11.1 Å². The van der Waals surface area contributed by atoms with Crippen molar-refractivity contribution < 1.29 is 19.6 Å². The highest BCUT2D eigenvalue weighted by molar-refractivity contribution is 8.00. The Kier molecular flexibility index (Phi) is 5.51. The number of rotatable bonds is 6. The van der Waals surface area contributed by atoms with Gasteiger partial charge in [-0.15, -0.1) is 11.8 Å². The van der Waals surface area contributed by atoms with Crippen molar-refractivity contribution in [3.63, 3.8) is 0 Å². The molecule has 0 aliphatic heterocycles. The maximum Gasteiger partial charge on any atom is 0.338 e. The lowest BCUT2D eigenvalue weighted by molar-refractivity contribution is -0.384. The number of nitro groups is 1. The predicted octanol–water partition coefficient (Wildman–Crippen LogP) is 2.37. The number of nitrogens with one attached hydrogen (secondary N) is 1. The normalized spacial score (nSPS) is 10.3. The van der Waals surface area contributed by atoms with Gasteiger partial charge in [0, 0.05) is 12.1 Å². The maximum atomic E-state index is 11.7. The molecular formula is C12H14N2O5S. The number of nitro benzene ring substituents is 1. The van der Waals surface area contributed by atoms with Crippen LogP contribution in [0.1, 0.15) is 24.2 Å². The van der Waals surface area contributed by atoms with Gasteiger partial charge in [-0.05, 0) is 11.3 Å². The van der Waals surface area contributed by atoms with Crippen molar-refractivity contribution in [2.45, 2.75) is 19.1 Å². The third-order valence-corrected chi connectivity index (χ3v) is 3.36. The second-order valence-corrected chi connectivity index (χ2v) is 5.76. The van der Waals surface area contributed by atoms with Crippen LogP contribution in [0.3, 0.4) is 0 Å². The zero-order valence-corrected chi connectivity index (χ0v) is 11.8. The average molecular weight is 298 g/mol. The summed E-state index contributed by atoms with van der Waals surface area (Å²) in [6.07, 6.45) is 0. The van der Waals surface area contributed by atoms with Crippen molar-refractivity contribution >= 4 is 35.0 Å². The highest BCUT2D eigenvalue weighted by Gasteiger charge is 2.17. The minimum Gasteiger partial charge on any atom is -0.478 e. The molecule has 108 valence electrons. The third-order valence-electron chi connectivity index (χ3n) is 2.27. The van der Waals surface area contributed by atoms with E-state index in [0.717, 1.165) is 12.1 Å². The van der Waals surface area contributed by atoms with E-state index in [1.807, 2.05) is 13.8 Å². The fraction of sp³-hybridized carbons (Fsp3) is 0.333. The summed E-state index contributed by atoms with van der Waals surface area (Å²) < 4.78 is 0. The van der Waals surface area contributed by atoms with Crippen LogP contribution in [0.15, 0.2) is 18.2 Å². The SMILES string of the molecule is CC(C)SCC(=O)Nc1ccc([N+](=O)[O-])cc1C(=O)O. The van der Waals surface area contributed by atoms with Crippen molar-refractivity contribution in [3.8, 4) is 0 Å². The number of carbonyl (C=O) groups is 2. The zero-order chi connectivity index (χ0) is 15.3. The maximum absolute atomic E-state index is 11.7. The van der Waals surface area contributed by atoms with Crippen LogP contribution in [-0.2, 0) is 4.79 Å². The number of thioether (sulfide) groups is 1. The molecule has 7 nitrogen and oxygen atoms in total. The Labute approximate surface area is 119 Å². The van der Waals surface area contributed by atoms with Gasteiger partial charge >= 0.3 is 5.97 Å². The van der Waals surface area contributed by atoms with Crippen LogP contribution in [0.5, 0.6) is 0 Å². The summed E-state index contributed by atoms with van der Waals surface area (Å²) in [6, 6.07) is 3.30. The molecule has 0 spiro atoms. The number of non-ortho nitro benzene ring substituents is 1. The lowest BCUT2D eigenvalue weighted by Crippen LogP contribution is -2.17. The number of amides is 1. The Morgan fingerprint density at radius 3 is 2.60 bits per heavy atom. The Balaban J connectivity index is 2.92. The highest BCUT2D eigenvalue weighted by Crippen LogP contribution is 2.22. The van der Waals surface area contributed by atoms with Crippen LogP contribution in [0.2, 0.25) is 0 Å². The molecule has 0 saturated heterocycles. The number of aromatic carboxylic acids is 1. The van der Waals surface area contributed by atoms with Gasteiger partial charge in [-0.1, -0.05) is 13.8 Å². The largest absolute Gasteiger partial charge is 0.478 e.